The molecule has 2 amide bonds. The molecule has 37 heavy (non-hydrogen) atoms. The van der Waals surface area contributed by atoms with Crippen molar-refractivity contribution in [3.63, 3.8) is 0 Å². The number of nitrogens with zero attached hydrogens (tertiary/aromatic N) is 3. The largest absolute Gasteiger partial charge is 0.486 e. The summed E-state index contributed by atoms with van der Waals surface area (Å²) in [6.07, 6.45) is 2.84. The molecule has 0 fully saturated rings. The van der Waals surface area contributed by atoms with Crippen LogP contribution in [0.1, 0.15) is 40.1 Å². The second-order valence-corrected chi connectivity index (χ2v) is 9.68. The van der Waals surface area contributed by atoms with Gasteiger partial charge in [-0.15, -0.1) is 0 Å². The van der Waals surface area contributed by atoms with E-state index >= 15 is 0 Å². The molecule has 2 N–H and O–H groups in total. The molecule has 8 nitrogen and oxygen atoms in total. The van der Waals surface area contributed by atoms with Crippen molar-refractivity contribution in [3.8, 4) is 5.75 Å². The molecule has 1 aliphatic rings. The molecule has 4 rings (SSSR count). The minimum Gasteiger partial charge on any atom is -0.486 e. The van der Waals surface area contributed by atoms with Gasteiger partial charge in [-0.25, -0.2) is 0 Å². The van der Waals surface area contributed by atoms with Crippen LogP contribution in [0.3, 0.4) is 0 Å². The summed E-state index contributed by atoms with van der Waals surface area (Å²) in [4.78, 5) is 34.4. The lowest BCUT2D eigenvalue weighted by molar-refractivity contribution is 0.0343. The zero-order valence-corrected chi connectivity index (χ0v) is 21.5. The summed E-state index contributed by atoms with van der Waals surface area (Å²) in [5, 5.41) is 12.8. The van der Waals surface area contributed by atoms with Gasteiger partial charge in [0.25, 0.3) is 11.8 Å². The number of aromatic nitrogens is 1. The molecule has 0 aliphatic carbocycles. The first-order valence-corrected chi connectivity index (χ1v) is 12.5. The van der Waals surface area contributed by atoms with Gasteiger partial charge in [-0.05, 0) is 43.8 Å². The SMILES string of the molecule is CC(CO)N1C[C@@H](C)[C@H](CN(C)Cc2ccccc2)Oc2c(NC(=O)c3ccncc3)cccc2C1=O. The average molecular weight is 503 g/mol. The second kappa shape index (κ2) is 12.0. The smallest absolute Gasteiger partial charge is 0.258 e. The maximum absolute atomic E-state index is 13.6. The van der Waals surface area contributed by atoms with E-state index in [-0.39, 0.29) is 36.5 Å². The van der Waals surface area contributed by atoms with Crippen LogP contribution in [0.4, 0.5) is 5.69 Å². The van der Waals surface area contributed by atoms with Gasteiger partial charge < -0.3 is 20.1 Å². The zero-order valence-electron chi connectivity index (χ0n) is 21.5. The van der Waals surface area contributed by atoms with E-state index in [9.17, 15) is 14.7 Å². The van der Waals surface area contributed by atoms with Gasteiger partial charge in [0.1, 0.15) is 6.10 Å². The molecule has 3 atom stereocenters. The van der Waals surface area contributed by atoms with Gasteiger partial charge in [0, 0.05) is 43.5 Å². The minimum atomic E-state index is -0.362. The van der Waals surface area contributed by atoms with E-state index in [0.29, 0.717) is 35.7 Å². The van der Waals surface area contributed by atoms with E-state index < -0.39 is 0 Å². The fourth-order valence-corrected chi connectivity index (χ4v) is 4.52. The summed E-state index contributed by atoms with van der Waals surface area (Å²) in [6.45, 7) is 5.53. The Morgan fingerprint density at radius 3 is 2.59 bits per heavy atom. The lowest BCUT2D eigenvalue weighted by Gasteiger charge is -2.38. The molecule has 0 spiro atoms. The summed E-state index contributed by atoms with van der Waals surface area (Å²) >= 11 is 0. The summed E-state index contributed by atoms with van der Waals surface area (Å²) in [7, 11) is 2.04. The number of ether oxygens (including phenoxy) is 1. The molecule has 0 saturated carbocycles. The highest BCUT2D eigenvalue weighted by Crippen LogP contribution is 2.35. The van der Waals surface area contributed by atoms with Crippen molar-refractivity contribution < 1.29 is 19.4 Å². The van der Waals surface area contributed by atoms with Gasteiger partial charge in [0.2, 0.25) is 0 Å². The van der Waals surface area contributed by atoms with Gasteiger partial charge in [-0.2, -0.15) is 0 Å². The number of benzene rings is 2. The van der Waals surface area contributed by atoms with Crippen LogP contribution in [0.15, 0.2) is 73.1 Å². The van der Waals surface area contributed by atoms with E-state index in [1.54, 1.807) is 47.6 Å². The molecule has 194 valence electrons. The van der Waals surface area contributed by atoms with Crippen LogP contribution in [-0.2, 0) is 6.54 Å². The van der Waals surface area contributed by atoms with Crippen molar-refractivity contribution in [1.82, 2.24) is 14.8 Å². The van der Waals surface area contributed by atoms with Crippen LogP contribution >= 0.6 is 0 Å². The lowest BCUT2D eigenvalue weighted by atomic mass is 9.98. The minimum absolute atomic E-state index is 0.0340. The van der Waals surface area contributed by atoms with Crippen molar-refractivity contribution in [3.05, 3.63) is 89.7 Å². The second-order valence-electron chi connectivity index (χ2n) is 9.68. The number of nitrogens with one attached hydrogen (secondary N) is 1. The van der Waals surface area contributed by atoms with Gasteiger partial charge in [0.15, 0.2) is 5.75 Å². The predicted octanol–water partition coefficient (Wildman–Crippen LogP) is 3.69. The highest BCUT2D eigenvalue weighted by Gasteiger charge is 2.34. The van der Waals surface area contributed by atoms with Crippen LogP contribution in [0, 0.1) is 5.92 Å². The van der Waals surface area contributed by atoms with Gasteiger partial charge in [-0.1, -0.05) is 43.3 Å². The number of anilines is 1. The van der Waals surface area contributed by atoms with Gasteiger partial charge >= 0.3 is 0 Å². The number of pyridine rings is 1. The first-order valence-electron chi connectivity index (χ1n) is 12.5. The van der Waals surface area contributed by atoms with Crippen molar-refractivity contribution in [2.45, 2.75) is 32.5 Å². The quantitative estimate of drug-likeness (QED) is 0.488. The molecule has 3 aromatic rings. The molecule has 0 radical (unpaired) electrons. The number of aliphatic hydroxyl groups excluding tert-OH is 1. The Labute approximate surface area is 217 Å². The predicted molar refractivity (Wildman–Crippen MR) is 143 cm³/mol. The van der Waals surface area contributed by atoms with E-state index in [0.717, 1.165) is 6.54 Å². The molecule has 2 aromatic carbocycles. The molecule has 8 heteroatoms. The van der Waals surface area contributed by atoms with Gasteiger partial charge in [-0.3, -0.25) is 19.5 Å². The van der Waals surface area contributed by atoms with Crippen molar-refractivity contribution in [1.29, 1.82) is 0 Å². The van der Waals surface area contributed by atoms with Crippen LogP contribution in [-0.4, -0.2) is 70.6 Å². The normalized spacial score (nSPS) is 18.4. The molecule has 0 saturated heterocycles. The summed E-state index contributed by atoms with van der Waals surface area (Å²) in [6, 6.07) is 18.3. The standard InChI is InChI=1S/C29H34N4O4/c1-20-16-33(21(2)19-34)29(36)24-10-7-11-25(31-28(35)23-12-14-30-15-13-23)27(24)37-26(20)18-32(3)17-22-8-5-4-6-9-22/h4-15,20-21,26,34H,16-19H2,1-3H3,(H,31,35)/t20-,21?,26+/m1/s1. The van der Waals surface area contributed by atoms with Crippen molar-refractivity contribution in [2.24, 2.45) is 5.92 Å². The molecule has 1 unspecified atom stereocenters. The molecule has 1 aliphatic heterocycles. The number of hydrogen-bond acceptors (Lipinski definition) is 6. The van der Waals surface area contributed by atoms with Crippen LogP contribution in [0.25, 0.3) is 0 Å². The first-order chi connectivity index (χ1) is 17.9. The maximum atomic E-state index is 13.6. The Kier molecular flexibility index (Phi) is 8.53. The number of carbonyl (C=O) groups excluding carboxylic acids is 2. The summed E-state index contributed by atoms with van der Waals surface area (Å²) in [5.41, 5.74) is 2.43. The lowest BCUT2D eigenvalue weighted by Crippen LogP contribution is -2.49. The molecular formula is C29H34N4O4. The number of rotatable bonds is 8. The highest BCUT2D eigenvalue weighted by molar-refractivity contribution is 6.07. The highest BCUT2D eigenvalue weighted by atomic mass is 16.5. The van der Waals surface area contributed by atoms with E-state index in [2.05, 4.69) is 34.3 Å². The summed E-state index contributed by atoms with van der Waals surface area (Å²) in [5.74, 6) is -0.247. The van der Waals surface area contributed by atoms with Crippen molar-refractivity contribution in [2.75, 3.05) is 32.1 Å². The number of fused-ring (bicyclic) bond motifs is 1. The Morgan fingerprint density at radius 2 is 1.89 bits per heavy atom. The number of amides is 2. The Bertz CT molecular complexity index is 1210. The number of likely N-dealkylation sites (N-methyl/N-ethyl adjacent to an activating group) is 1. The van der Waals surface area contributed by atoms with Crippen LogP contribution < -0.4 is 10.1 Å². The van der Waals surface area contributed by atoms with E-state index in [1.807, 2.05) is 32.2 Å². The topological polar surface area (TPSA) is 95.0 Å². The fraction of sp³-hybridized carbons (Fsp3) is 0.345. The van der Waals surface area contributed by atoms with Crippen LogP contribution in [0.2, 0.25) is 0 Å². The van der Waals surface area contributed by atoms with E-state index in [1.165, 1.54) is 5.56 Å². The number of carbonyl (C=O) groups is 2. The average Bonchev–Trinajstić information content (AvgIpc) is 2.91. The molecule has 2 heterocycles. The monoisotopic (exact) mass is 502 g/mol. The van der Waals surface area contributed by atoms with Gasteiger partial charge in [0.05, 0.1) is 23.9 Å². The molecule has 0 bridgehead atoms. The number of aliphatic hydroxyl groups is 1. The first kappa shape index (κ1) is 26.3. The Balaban J connectivity index is 1.67. The third-order valence-corrected chi connectivity index (χ3v) is 6.67. The maximum Gasteiger partial charge on any atom is 0.258 e. The number of hydrogen-bond donors (Lipinski definition) is 2. The third kappa shape index (κ3) is 6.34. The van der Waals surface area contributed by atoms with E-state index in [4.69, 9.17) is 4.74 Å². The summed E-state index contributed by atoms with van der Waals surface area (Å²) < 4.78 is 6.58. The third-order valence-electron chi connectivity index (χ3n) is 6.67. The fourth-order valence-electron chi connectivity index (χ4n) is 4.52. The number of para-hydroxylation sites is 1. The molecular weight excluding hydrogens is 468 g/mol. The Hall–Kier alpha value is -3.75. The van der Waals surface area contributed by atoms with Crippen LogP contribution in [0.5, 0.6) is 5.75 Å². The van der Waals surface area contributed by atoms with Crippen molar-refractivity contribution >= 4 is 17.5 Å². The zero-order chi connectivity index (χ0) is 26.4. The Morgan fingerprint density at radius 1 is 1.16 bits per heavy atom. The molecule has 1 aromatic heterocycles.